The fourth-order valence-corrected chi connectivity index (χ4v) is 4.40. The fourth-order valence-electron chi connectivity index (χ4n) is 4.40. The second-order valence-corrected chi connectivity index (χ2v) is 8.25. The molecule has 5 nitrogen and oxygen atoms in total. The minimum Gasteiger partial charge on any atom is -0.382 e. The lowest BCUT2D eigenvalue weighted by molar-refractivity contribution is 0.105. The van der Waals surface area contributed by atoms with Crippen LogP contribution in [0.15, 0.2) is 41.4 Å². The molecule has 0 bridgehead atoms. The van der Waals surface area contributed by atoms with Crippen molar-refractivity contribution in [2.45, 2.75) is 52.5 Å². The van der Waals surface area contributed by atoms with Gasteiger partial charge in [-0.25, -0.2) is 4.99 Å². The van der Waals surface area contributed by atoms with E-state index in [4.69, 9.17) is 9.73 Å². The number of anilines is 1. The summed E-state index contributed by atoms with van der Waals surface area (Å²) < 4.78 is 5.65. The number of rotatable bonds is 10. The van der Waals surface area contributed by atoms with E-state index < -0.39 is 0 Å². The number of hydrogen-bond donors (Lipinski definition) is 2. The third kappa shape index (κ3) is 7.45. The van der Waals surface area contributed by atoms with E-state index in [1.165, 1.54) is 36.9 Å². The van der Waals surface area contributed by atoms with Gasteiger partial charge in [0.1, 0.15) is 0 Å². The molecule has 0 radical (unpaired) electrons. The van der Waals surface area contributed by atoms with Gasteiger partial charge in [-0.2, -0.15) is 0 Å². The van der Waals surface area contributed by atoms with E-state index in [1.807, 2.05) is 0 Å². The van der Waals surface area contributed by atoms with Crippen LogP contribution in [0.3, 0.4) is 0 Å². The highest BCUT2D eigenvalue weighted by atomic mass is 127. The van der Waals surface area contributed by atoms with Gasteiger partial charge in [-0.05, 0) is 56.2 Å². The normalized spacial score (nSPS) is 17.8. The van der Waals surface area contributed by atoms with Gasteiger partial charge in [0.15, 0.2) is 5.96 Å². The summed E-state index contributed by atoms with van der Waals surface area (Å²) in [5.41, 5.74) is 2.88. The zero-order valence-electron chi connectivity index (χ0n) is 18.7. The van der Waals surface area contributed by atoms with Gasteiger partial charge in [-0.3, -0.25) is 0 Å². The number of ether oxygens (including phenoxy) is 1. The van der Waals surface area contributed by atoms with Gasteiger partial charge in [-0.15, -0.1) is 24.0 Å². The van der Waals surface area contributed by atoms with Gasteiger partial charge in [0.2, 0.25) is 0 Å². The van der Waals surface area contributed by atoms with Crippen molar-refractivity contribution in [1.82, 2.24) is 10.6 Å². The van der Waals surface area contributed by atoms with Crippen LogP contribution in [0.25, 0.3) is 0 Å². The lowest BCUT2D eigenvalue weighted by atomic mass is 9.83. The summed E-state index contributed by atoms with van der Waals surface area (Å²) in [6, 6.07) is 8.76. The summed E-state index contributed by atoms with van der Waals surface area (Å²) in [4.78, 5) is 7.24. The van der Waals surface area contributed by atoms with Crippen LogP contribution < -0.4 is 15.5 Å². The van der Waals surface area contributed by atoms with E-state index in [2.05, 4.69) is 65.8 Å². The van der Waals surface area contributed by atoms with Crippen LogP contribution in [-0.4, -0.2) is 45.4 Å². The smallest absolute Gasteiger partial charge is 0.191 e. The van der Waals surface area contributed by atoms with Gasteiger partial charge in [0, 0.05) is 45.1 Å². The van der Waals surface area contributed by atoms with Crippen LogP contribution in [0.4, 0.5) is 5.69 Å². The van der Waals surface area contributed by atoms with E-state index >= 15 is 0 Å². The molecule has 1 aromatic carbocycles. The molecule has 6 heteroatoms. The first kappa shape index (κ1) is 25.0. The molecule has 2 aliphatic rings. The van der Waals surface area contributed by atoms with E-state index in [1.54, 1.807) is 0 Å². The molecule has 30 heavy (non-hydrogen) atoms. The molecule has 0 spiro atoms. The Kier molecular flexibility index (Phi) is 11.0. The van der Waals surface area contributed by atoms with Gasteiger partial charge in [0.05, 0.1) is 6.54 Å². The van der Waals surface area contributed by atoms with E-state index in [9.17, 15) is 0 Å². The summed E-state index contributed by atoms with van der Waals surface area (Å²) in [5, 5.41) is 7.05. The third-order valence-electron chi connectivity index (χ3n) is 6.13. The largest absolute Gasteiger partial charge is 0.382 e. The highest BCUT2D eigenvalue weighted by Gasteiger charge is 2.33. The average molecular weight is 527 g/mol. The van der Waals surface area contributed by atoms with Gasteiger partial charge >= 0.3 is 0 Å². The predicted octanol–water partition coefficient (Wildman–Crippen LogP) is 4.72. The van der Waals surface area contributed by atoms with E-state index in [-0.39, 0.29) is 24.0 Å². The van der Waals surface area contributed by atoms with Crippen LogP contribution in [0.5, 0.6) is 0 Å². The number of aliphatic imine (C=N–C) groups is 1. The van der Waals surface area contributed by atoms with Crippen molar-refractivity contribution in [2.24, 2.45) is 10.4 Å². The molecule has 1 aliphatic heterocycles. The van der Waals surface area contributed by atoms with Crippen LogP contribution in [-0.2, 0) is 11.3 Å². The van der Waals surface area contributed by atoms with Crippen LogP contribution in [0, 0.1) is 5.41 Å². The standard InChI is InChI=1S/C24H38N4O.HI/c1-3-25-23(27-20-24(12-5-6-13-24)14-17-29-4-2)26-19-21-10-9-11-22(18-21)28-15-7-8-16-28;/h7-11,18H,3-6,12-17,19-20H2,1-2H3,(H2,25,26,27);1H. The Labute approximate surface area is 199 Å². The summed E-state index contributed by atoms with van der Waals surface area (Å²) in [6.07, 6.45) is 10.8. The van der Waals surface area contributed by atoms with Crippen LogP contribution in [0.1, 0.15) is 51.5 Å². The summed E-state index contributed by atoms with van der Waals surface area (Å²) in [5.74, 6) is 0.920. The van der Waals surface area contributed by atoms with Crippen molar-refractivity contribution in [2.75, 3.05) is 44.3 Å². The van der Waals surface area contributed by atoms with Crippen molar-refractivity contribution >= 4 is 35.6 Å². The molecule has 1 aliphatic carbocycles. The van der Waals surface area contributed by atoms with Crippen molar-refractivity contribution in [3.8, 4) is 0 Å². The summed E-state index contributed by atoms with van der Waals surface area (Å²) in [7, 11) is 0. The average Bonchev–Trinajstić information content (AvgIpc) is 3.43. The molecule has 1 saturated carbocycles. The fraction of sp³-hybridized carbons (Fsp3) is 0.625. The molecule has 0 atom stereocenters. The number of halogens is 1. The first-order valence-corrected chi connectivity index (χ1v) is 11.3. The van der Waals surface area contributed by atoms with Crippen molar-refractivity contribution in [3.05, 3.63) is 42.0 Å². The Bertz CT molecular complexity index is 678. The topological polar surface area (TPSA) is 48.9 Å². The number of benzene rings is 1. The Morgan fingerprint density at radius 3 is 2.60 bits per heavy atom. The van der Waals surface area contributed by atoms with E-state index in [0.717, 1.165) is 51.8 Å². The first-order valence-electron chi connectivity index (χ1n) is 11.3. The number of guanidine groups is 1. The second-order valence-electron chi connectivity index (χ2n) is 8.25. The minimum absolute atomic E-state index is 0. The zero-order valence-corrected chi connectivity index (χ0v) is 21.0. The molecule has 0 unspecified atom stereocenters. The first-order chi connectivity index (χ1) is 14.2. The summed E-state index contributed by atoms with van der Waals surface area (Å²) in [6.45, 7) is 10.4. The molecule has 0 aromatic heterocycles. The van der Waals surface area contributed by atoms with Gasteiger partial charge in [0.25, 0.3) is 0 Å². The van der Waals surface area contributed by atoms with Gasteiger partial charge < -0.3 is 20.3 Å². The van der Waals surface area contributed by atoms with E-state index in [0.29, 0.717) is 12.0 Å². The summed E-state index contributed by atoms with van der Waals surface area (Å²) >= 11 is 0. The zero-order chi connectivity index (χ0) is 20.4. The van der Waals surface area contributed by atoms with Gasteiger partial charge in [-0.1, -0.05) is 37.1 Å². The van der Waals surface area contributed by atoms with Crippen LogP contribution >= 0.6 is 24.0 Å². The van der Waals surface area contributed by atoms with Crippen molar-refractivity contribution < 1.29 is 4.74 Å². The number of nitrogens with zero attached hydrogens (tertiary/aromatic N) is 2. The number of hydrogen-bond acceptors (Lipinski definition) is 3. The molecule has 0 amide bonds. The Hall–Kier alpha value is -1.28. The predicted molar refractivity (Wildman–Crippen MR) is 138 cm³/mol. The lowest BCUT2D eigenvalue weighted by Crippen LogP contribution is -2.43. The maximum Gasteiger partial charge on any atom is 0.191 e. The lowest BCUT2D eigenvalue weighted by Gasteiger charge is -2.30. The molecular formula is C24H39IN4O. The molecule has 1 heterocycles. The Morgan fingerprint density at radius 2 is 1.90 bits per heavy atom. The minimum atomic E-state index is 0. The molecule has 3 rings (SSSR count). The third-order valence-corrected chi connectivity index (χ3v) is 6.13. The molecule has 1 aromatic rings. The Balaban J connectivity index is 0.00000320. The second kappa shape index (κ2) is 13.2. The number of nitrogens with one attached hydrogen (secondary N) is 2. The SMILES string of the molecule is CCNC(=NCc1cccc(N2CC=CC2)c1)NCC1(CCOCC)CCCC1.I. The highest BCUT2D eigenvalue weighted by Crippen LogP contribution is 2.40. The molecular weight excluding hydrogens is 487 g/mol. The highest BCUT2D eigenvalue weighted by molar-refractivity contribution is 14.0. The quantitative estimate of drug-likeness (QED) is 0.152. The molecule has 168 valence electrons. The van der Waals surface area contributed by atoms with Crippen molar-refractivity contribution in [1.29, 1.82) is 0 Å². The monoisotopic (exact) mass is 526 g/mol. The Morgan fingerprint density at radius 1 is 1.13 bits per heavy atom. The van der Waals surface area contributed by atoms with Crippen LogP contribution in [0.2, 0.25) is 0 Å². The molecule has 2 N–H and O–H groups in total. The maximum atomic E-state index is 5.65. The van der Waals surface area contributed by atoms with Crippen molar-refractivity contribution in [3.63, 3.8) is 0 Å². The maximum absolute atomic E-state index is 5.65. The molecule has 1 fully saturated rings. The molecule has 0 saturated heterocycles.